The fourth-order valence-electron chi connectivity index (χ4n) is 2.59. The molecule has 1 amide bonds. The third-order valence-corrected chi connectivity index (χ3v) is 3.97. The SMILES string of the molecule is CCc1nc(COc2ccc(C(=O)NCC3CCCN3)cc2)no1.Cl. The maximum Gasteiger partial charge on any atom is 0.251 e. The molecule has 1 aliphatic heterocycles. The summed E-state index contributed by atoms with van der Waals surface area (Å²) in [5.41, 5.74) is 0.619. The van der Waals surface area contributed by atoms with Gasteiger partial charge in [-0.3, -0.25) is 4.79 Å². The van der Waals surface area contributed by atoms with Gasteiger partial charge in [0.15, 0.2) is 6.61 Å². The molecule has 2 heterocycles. The monoisotopic (exact) mass is 366 g/mol. The van der Waals surface area contributed by atoms with Gasteiger partial charge in [-0.2, -0.15) is 4.98 Å². The molecule has 1 aromatic heterocycles. The van der Waals surface area contributed by atoms with Crippen LogP contribution in [-0.4, -0.2) is 35.2 Å². The van der Waals surface area contributed by atoms with Crippen LogP contribution in [0.15, 0.2) is 28.8 Å². The average molecular weight is 367 g/mol. The van der Waals surface area contributed by atoms with Gasteiger partial charge in [0, 0.05) is 24.6 Å². The quantitative estimate of drug-likeness (QED) is 0.780. The van der Waals surface area contributed by atoms with E-state index in [1.165, 1.54) is 6.42 Å². The second-order valence-corrected chi connectivity index (χ2v) is 5.77. The predicted octanol–water partition coefficient (Wildman–Crippen LogP) is 2.11. The van der Waals surface area contributed by atoms with Gasteiger partial charge in [-0.25, -0.2) is 0 Å². The highest BCUT2D eigenvalue weighted by Gasteiger charge is 2.15. The van der Waals surface area contributed by atoms with Crippen molar-refractivity contribution in [3.05, 3.63) is 41.5 Å². The van der Waals surface area contributed by atoms with Crippen molar-refractivity contribution in [3.8, 4) is 5.75 Å². The van der Waals surface area contributed by atoms with Gasteiger partial charge in [0.2, 0.25) is 11.7 Å². The normalized spacial score (nSPS) is 16.3. The number of halogens is 1. The fraction of sp³-hybridized carbons (Fsp3) is 0.471. The van der Waals surface area contributed by atoms with E-state index in [-0.39, 0.29) is 24.9 Å². The third kappa shape index (κ3) is 5.44. The summed E-state index contributed by atoms with van der Waals surface area (Å²) in [5, 5.41) is 10.1. The number of benzene rings is 1. The summed E-state index contributed by atoms with van der Waals surface area (Å²) in [6.45, 7) is 3.88. The molecule has 0 aliphatic carbocycles. The zero-order valence-electron chi connectivity index (χ0n) is 14.2. The van der Waals surface area contributed by atoms with Crippen molar-refractivity contribution in [2.45, 2.75) is 38.8 Å². The van der Waals surface area contributed by atoms with Crippen molar-refractivity contribution in [1.82, 2.24) is 20.8 Å². The molecule has 25 heavy (non-hydrogen) atoms. The molecule has 136 valence electrons. The first-order valence-electron chi connectivity index (χ1n) is 8.30. The average Bonchev–Trinajstić information content (AvgIpc) is 3.29. The zero-order chi connectivity index (χ0) is 16.8. The van der Waals surface area contributed by atoms with Crippen LogP contribution in [0.4, 0.5) is 0 Å². The van der Waals surface area contributed by atoms with Gasteiger partial charge in [0.05, 0.1) is 0 Å². The molecule has 2 N–H and O–H groups in total. The molecular weight excluding hydrogens is 344 g/mol. The molecule has 1 atom stereocenters. The number of aromatic nitrogens is 2. The van der Waals surface area contributed by atoms with Crippen LogP contribution in [0.1, 0.15) is 41.8 Å². The molecule has 8 heteroatoms. The van der Waals surface area contributed by atoms with Crippen molar-refractivity contribution < 1.29 is 14.1 Å². The number of carbonyl (C=O) groups excluding carboxylic acids is 1. The first-order chi connectivity index (χ1) is 11.7. The van der Waals surface area contributed by atoms with Gasteiger partial charge >= 0.3 is 0 Å². The van der Waals surface area contributed by atoms with Crippen LogP contribution in [0.3, 0.4) is 0 Å². The summed E-state index contributed by atoms with van der Waals surface area (Å²) in [6.07, 6.45) is 2.99. The van der Waals surface area contributed by atoms with Crippen molar-refractivity contribution >= 4 is 18.3 Å². The number of rotatable bonds is 7. The third-order valence-electron chi connectivity index (χ3n) is 3.97. The lowest BCUT2D eigenvalue weighted by atomic mass is 10.2. The summed E-state index contributed by atoms with van der Waals surface area (Å²) in [5.74, 6) is 1.70. The van der Waals surface area contributed by atoms with Gasteiger partial charge in [-0.1, -0.05) is 12.1 Å². The molecule has 0 saturated carbocycles. The molecule has 2 aromatic rings. The van der Waals surface area contributed by atoms with E-state index in [1.807, 2.05) is 6.92 Å². The van der Waals surface area contributed by atoms with Gasteiger partial charge in [-0.15, -0.1) is 12.4 Å². The zero-order valence-corrected chi connectivity index (χ0v) is 15.0. The standard InChI is InChI=1S/C17H22N4O3.ClH/c1-2-16-20-15(21-24-16)11-23-14-7-5-12(6-8-14)17(22)19-10-13-4-3-9-18-13;/h5-8,13,18H,2-4,9-11H2,1H3,(H,19,22);1H. The van der Waals surface area contributed by atoms with Gasteiger partial charge in [0.25, 0.3) is 5.91 Å². The first-order valence-corrected chi connectivity index (χ1v) is 8.30. The maximum atomic E-state index is 12.1. The number of aryl methyl sites for hydroxylation is 1. The van der Waals surface area contributed by atoms with Crippen LogP contribution in [0.25, 0.3) is 0 Å². The van der Waals surface area contributed by atoms with E-state index in [1.54, 1.807) is 24.3 Å². The number of nitrogens with zero attached hydrogens (tertiary/aromatic N) is 2. The van der Waals surface area contributed by atoms with E-state index in [9.17, 15) is 4.79 Å². The van der Waals surface area contributed by atoms with Crippen molar-refractivity contribution in [2.24, 2.45) is 0 Å². The number of hydrogen-bond donors (Lipinski definition) is 2. The molecule has 0 radical (unpaired) electrons. The Morgan fingerprint density at radius 3 is 2.84 bits per heavy atom. The second-order valence-electron chi connectivity index (χ2n) is 5.77. The number of amides is 1. The highest BCUT2D eigenvalue weighted by molar-refractivity contribution is 5.94. The lowest BCUT2D eigenvalue weighted by Gasteiger charge is -2.11. The van der Waals surface area contributed by atoms with Crippen molar-refractivity contribution in [3.63, 3.8) is 0 Å². The van der Waals surface area contributed by atoms with Crippen LogP contribution in [0.2, 0.25) is 0 Å². The van der Waals surface area contributed by atoms with E-state index >= 15 is 0 Å². The molecule has 3 rings (SSSR count). The molecular formula is C17H23ClN4O3. The minimum atomic E-state index is -0.0685. The van der Waals surface area contributed by atoms with E-state index in [2.05, 4.69) is 20.8 Å². The second kappa shape index (κ2) is 9.39. The highest BCUT2D eigenvalue weighted by Crippen LogP contribution is 2.14. The van der Waals surface area contributed by atoms with Crippen LogP contribution >= 0.6 is 12.4 Å². The van der Waals surface area contributed by atoms with Gasteiger partial charge < -0.3 is 19.9 Å². The van der Waals surface area contributed by atoms with Gasteiger partial charge in [-0.05, 0) is 43.7 Å². The topological polar surface area (TPSA) is 89.3 Å². The number of nitrogens with one attached hydrogen (secondary N) is 2. The lowest BCUT2D eigenvalue weighted by molar-refractivity contribution is 0.0950. The Kier molecular flexibility index (Phi) is 7.21. The van der Waals surface area contributed by atoms with Crippen LogP contribution < -0.4 is 15.4 Å². The van der Waals surface area contributed by atoms with E-state index < -0.39 is 0 Å². The molecule has 1 unspecified atom stereocenters. The minimum Gasteiger partial charge on any atom is -0.485 e. The number of ether oxygens (including phenoxy) is 1. The van der Waals surface area contributed by atoms with E-state index in [0.717, 1.165) is 13.0 Å². The summed E-state index contributed by atoms with van der Waals surface area (Å²) in [7, 11) is 0. The van der Waals surface area contributed by atoms with Crippen LogP contribution in [-0.2, 0) is 13.0 Å². The van der Waals surface area contributed by atoms with Crippen molar-refractivity contribution in [2.75, 3.05) is 13.1 Å². The molecule has 0 spiro atoms. The Balaban J connectivity index is 0.00000225. The molecule has 1 aliphatic rings. The smallest absolute Gasteiger partial charge is 0.251 e. The maximum absolute atomic E-state index is 12.1. The molecule has 0 bridgehead atoms. The van der Waals surface area contributed by atoms with Gasteiger partial charge in [0.1, 0.15) is 5.75 Å². The number of carbonyl (C=O) groups is 1. The Hall–Kier alpha value is -2.12. The summed E-state index contributed by atoms with van der Waals surface area (Å²) in [6, 6.07) is 7.42. The minimum absolute atomic E-state index is 0. The highest BCUT2D eigenvalue weighted by atomic mass is 35.5. The molecule has 7 nitrogen and oxygen atoms in total. The molecule has 1 saturated heterocycles. The predicted molar refractivity (Wildman–Crippen MR) is 95.1 cm³/mol. The summed E-state index contributed by atoms with van der Waals surface area (Å²) in [4.78, 5) is 16.3. The lowest BCUT2D eigenvalue weighted by Crippen LogP contribution is -2.37. The van der Waals surface area contributed by atoms with E-state index in [4.69, 9.17) is 9.26 Å². The Morgan fingerprint density at radius 1 is 1.40 bits per heavy atom. The first kappa shape index (κ1) is 19.2. The molecule has 1 aromatic carbocycles. The summed E-state index contributed by atoms with van der Waals surface area (Å²) < 4.78 is 10.6. The largest absolute Gasteiger partial charge is 0.485 e. The number of hydrogen-bond acceptors (Lipinski definition) is 6. The molecule has 1 fully saturated rings. The Morgan fingerprint density at radius 2 is 2.20 bits per heavy atom. The Bertz CT molecular complexity index is 669. The van der Waals surface area contributed by atoms with Crippen molar-refractivity contribution in [1.29, 1.82) is 0 Å². The van der Waals surface area contributed by atoms with Crippen LogP contribution in [0.5, 0.6) is 5.75 Å². The Labute approximate surface area is 152 Å². The van der Waals surface area contributed by atoms with E-state index in [0.29, 0.717) is 42.0 Å². The fourth-order valence-corrected chi connectivity index (χ4v) is 2.59. The summed E-state index contributed by atoms with van der Waals surface area (Å²) >= 11 is 0. The van der Waals surface area contributed by atoms with Crippen LogP contribution in [0, 0.1) is 0 Å².